The lowest BCUT2D eigenvalue weighted by atomic mass is 10.8. The molecule has 0 atom stereocenters. The highest BCUT2D eigenvalue weighted by Gasteiger charge is 1.86. The van der Waals surface area contributed by atoms with Crippen LogP contribution in [-0.4, -0.2) is 17.5 Å². The highest BCUT2D eigenvalue weighted by atomic mass is 35.5. The first kappa shape index (κ1) is 6.49. The SMILES string of the molecule is O=[N+]([O-])NCCCl. The Bertz CT molecular complexity index is 66.7. The highest BCUT2D eigenvalue weighted by Crippen LogP contribution is 1.67. The fourth-order valence-corrected chi connectivity index (χ4v) is 0.218. The molecule has 0 aromatic heterocycles. The molecule has 0 spiro atoms. The number of hydrazine groups is 1. The van der Waals surface area contributed by atoms with E-state index in [9.17, 15) is 10.1 Å². The van der Waals surface area contributed by atoms with Crippen LogP contribution in [0.2, 0.25) is 0 Å². The molecule has 7 heavy (non-hydrogen) atoms. The number of hydrogen-bond donors (Lipinski definition) is 1. The van der Waals surface area contributed by atoms with E-state index in [1.165, 1.54) is 0 Å². The standard InChI is InChI=1S/C2H5ClN2O2/c3-1-2-4-5(6)7/h4H,1-2H2. The Labute approximate surface area is 45.6 Å². The minimum Gasteiger partial charge on any atom is -0.235 e. The van der Waals surface area contributed by atoms with E-state index in [2.05, 4.69) is 0 Å². The van der Waals surface area contributed by atoms with Crippen LogP contribution in [0.25, 0.3) is 0 Å². The Morgan fingerprint density at radius 1 is 1.86 bits per heavy atom. The molecule has 0 saturated heterocycles. The largest absolute Gasteiger partial charge is 0.235 e. The molecule has 0 rings (SSSR count). The van der Waals surface area contributed by atoms with E-state index in [-0.39, 0.29) is 12.4 Å². The molecule has 5 heteroatoms. The molecule has 4 nitrogen and oxygen atoms in total. The molecule has 0 aliphatic heterocycles. The van der Waals surface area contributed by atoms with E-state index < -0.39 is 5.03 Å². The summed E-state index contributed by atoms with van der Waals surface area (Å²) in [5, 5.41) is 8.77. The molecule has 0 aliphatic rings. The smallest absolute Gasteiger partial charge is 0.157 e. The predicted octanol–water partition coefficient (Wildman–Crippen LogP) is 0.00650. The number of halogens is 1. The third-order valence-electron chi connectivity index (χ3n) is 0.335. The molecular formula is C2H5ClN2O2. The van der Waals surface area contributed by atoms with Crippen molar-refractivity contribution in [3.8, 4) is 0 Å². The average Bonchev–Trinajstić information content (AvgIpc) is 1.61. The molecular weight excluding hydrogens is 119 g/mol. The second-order valence-corrected chi connectivity index (χ2v) is 1.23. The molecule has 0 amide bonds. The van der Waals surface area contributed by atoms with Gasteiger partial charge in [0.1, 0.15) is 0 Å². The fourth-order valence-electron chi connectivity index (χ4n) is 0.134. The molecule has 0 aromatic rings. The molecule has 0 radical (unpaired) electrons. The second-order valence-electron chi connectivity index (χ2n) is 0.854. The van der Waals surface area contributed by atoms with Crippen LogP contribution in [-0.2, 0) is 0 Å². The van der Waals surface area contributed by atoms with Crippen LogP contribution in [0.15, 0.2) is 0 Å². The van der Waals surface area contributed by atoms with Crippen molar-refractivity contribution in [2.45, 2.75) is 0 Å². The van der Waals surface area contributed by atoms with Gasteiger partial charge in [-0.05, 0) is 0 Å². The van der Waals surface area contributed by atoms with E-state index in [1.54, 1.807) is 0 Å². The van der Waals surface area contributed by atoms with Gasteiger partial charge in [0, 0.05) is 5.88 Å². The van der Waals surface area contributed by atoms with Crippen molar-refractivity contribution in [3.05, 3.63) is 10.1 Å². The Morgan fingerprint density at radius 2 is 2.43 bits per heavy atom. The number of nitro groups is 1. The Balaban J connectivity index is 2.82. The first-order valence-corrected chi connectivity index (χ1v) is 2.24. The Kier molecular flexibility index (Phi) is 3.40. The van der Waals surface area contributed by atoms with Gasteiger partial charge in [-0.1, -0.05) is 0 Å². The van der Waals surface area contributed by atoms with Gasteiger partial charge in [0.25, 0.3) is 0 Å². The molecule has 0 aromatic carbocycles. The Morgan fingerprint density at radius 3 is 2.57 bits per heavy atom. The van der Waals surface area contributed by atoms with Gasteiger partial charge in [-0.25, -0.2) is 10.1 Å². The van der Waals surface area contributed by atoms with Crippen molar-refractivity contribution < 1.29 is 5.03 Å². The molecule has 42 valence electrons. The van der Waals surface area contributed by atoms with E-state index in [4.69, 9.17) is 11.6 Å². The zero-order valence-electron chi connectivity index (χ0n) is 3.56. The average molecular weight is 125 g/mol. The lowest BCUT2D eigenvalue weighted by Gasteiger charge is -1.87. The summed E-state index contributed by atoms with van der Waals surface area (Å²) in [6, 6.07) is 0. The zero-order chi connectivity index (χ0) is 5.70. The van der Waals surface area contributed by atoms with Crippen molar-refractivity contribution in [2.75, 3.05) is 12.4 Å². The van der Waals surface area contributed by atoms with Gasteiger partial charge < -0.3 is 0 Å². The van der Waals surface area contributed by atoms with Crippen LogP contribution >= 0.6 is 11.6 Å². The molecule has 0 unspecified atom stereocenters. The van der Waals surface area contributed by atoms with Gasteiger partial charge >= 0.3 is 0 Å². The van der Waals surface area contributed by atoms with Gasteiger partial charge in [0.2, 0.25) is 0 Å². The van der Waals surface area contributed by atoms with Crippen LogP contribution in [0.3, 0.4) is 0 Å². The molecule has 0 fully saturated rings. The van der Waals surface area contributed by atoms with Crippen LogP contribution < -0.4 is 5.43 Å². The van der Waals surface area contributed by atoms with Crippen LogP contribution in [0.4, 0.5) is 0 Å². The second kappa shape index (κ2) is 3.67. The number of alkyl halides is 1. The summed E-state index contributed by atoms with van der Waals surface area (Å²) in [7, 11) is 0. The summed E-state index contributed by atoms with van der Waals surface area (Å²) < 4.78 is 0. The summed E-state index contributed by atoms with van der Waals surface area (Å²) in [5.74, 6) is 0.265. The van der Waals surface area contributed by atoms with Crippen LogP contribution in [0.1, 0.15) is 0 Å². The first-order valence-electron chi connectivity index (χ1n) is 1.71. The van der Waals surface area contributed by atoms with Gasteiger partial charge in [0.15, 0.2) is 5.03 Å². The number of nitrogens with zero attached hydrogens (tertiary/aromatic N) is 1. The fraction of sp³-hybridized carbons (Fsp3) is 1.00. The molecule has 1 N–H and O–H groups in total. The van der Waals surface area contributed by atoms with Crippen molar-refractivity contribution in [2.24, 2.45) is 0 Å². The molecule has 0 bridgehead atoms. The maximum atomic E-state index is 9.39. The van der Waals surface area contributed by atoms with E-state index in [1.807, 2.05) is 5.43 Å². The van der Waals surface area contributed by atoms with Crippen LogP contribution in [0, 0.1) is 10.1 Å². The summed E-state index contributed by atoms with van der Waals surface area (Å²) in [6.07, 6.45) is 0. The predicted molar refractivity (Wildman–Crippen MR) is 25.7 cm³/mol. The summed E-state index contributed by atoms with van der Waals surface area (Å²) >= 11 is 5.08. The number of hydrogen-bond acceptors (Lipinski definition) is 2. The molecule has 0 aliphatic carbocycles. The van der Waals surface area contributed by atoms with Crippen molar-refractivity contribution in [1.29, 1.82) is 0 Å². The van der Waals surface area contributed by atoms with E-state index in [0.29, 0.717) is 0 Å². The van der Waals surface area contributed by atoms with Gasteiger partial charge in [-0.2, -0.15) is 0 Å². The third-order valence-corrected chi connectivity index (χ3v) is 0.524. The summed E-state index contributed by atoms with van der Waals surface area (Å²) in [6.45, 7) is 0.217. The zero-order valence-corrected chi connectivity index (χ0v) is 4.31. The topological polar surface area (TPSA) is 55.2 Å². The van der Waals surface area contributed by atoms with E-state index in [0.717, 1.165) is 0 Å². The maximum absolute atomic E-state index is 9.39. The summed E-state index contributed by atoms with van der Waals surface area (Å²) in [4.78, 5) is 9.39. The van der Waals surface area contributed by atoms with Gasteiger partial charge in [0.05, 0.1) is 6.54 Å². The van der Waals surface area contributed by atoms with Crippen LogP contribution in [0.5, 0.6) is 0 Å². The minimum absolute atomic E-state index is 0.217. The third kappa shape index (κ3) is 5.49. The maximum Gasteiger partial charge on any atom is 0.157 e. The number of nitrogens with one attached hydrogen (secondary N) is 1. The van der Waals surface area contributed by atoms with Crippen molar-refractivity contribution >= 4 is 11.6 Å². The van der Waals surface area contributed by atoms with Crippen molar-refractivity contribution in [3.63, 3.8) is 0 Å². The van der Waals surface area contributed by atoms with Crippen molar-refractivity contribution in [1.82, 2.24) is 5.43 Å². The quantitative estimate of drug-likeness (QED) is 0.328. The summed E-state index contributed by atoms with van der Waals surface area (Å²) in [5.41, 5.74) is 1.89. The highest BCUT2D eigenvalue weighted by molar-refractivity contribution is 6.18. The van der Waals surface area contributed by atoms with Gasteiger partial charge in [-0.3, -0.25) is 0 Å². The lowest BCUT2D eigenvalue weighted by molar-refractivity contribution is -0.543. The minimum atomic E-state index is -0.623. The van der Waals surface area contributed by atoms with Gasteiger partial charge in [-0.15, -0.1) is 17.0 Å². The first-order chi connectivity index (χ1) is 3.27. The monoisotopic (exact) mass is 124 g/mol. The van der Waals surface area contributed by atoms with E-state index >= 15 is 0 Å². The Hall–Kier alpha value is -0.510. The normalized spacial score (nSPS) is 8.14. The molecule has 0 heterocycles. The lowest BCUT2D eigenvalue weighted by Crippen LogP contribution is -2.23. The molecule has 0 saturated carbocycles. The number of rotatable bonds is 3.